The summed E-state index contributed by atoms with van der Waals surface area (Å²) in [6.45, 7) is 1.81. The van der Waals surface area contributed by atoms with Crippen molar-refractivity contribution < 1.29 is 9.18 Å². The molecule has 1 atom stereocenters. The van der Waals surface area contributed by atoms with Gasteiger partial charge in [-0.15, -0.1) is 0 Å². The first-order chi connectivity index (χ1) is 13.4. The molecular weight excluding hydrogens is 353 g/mol. The van der Waals surface area contributed by atoms with Crippen molar-refractivity contribution in [1.29, 1.82) is 5.26 Å². The zero-order chi connectivity index (χ0) is 20.1. The second kappa shape index (κ2) is 8.03. The Morgan fingerprint density at radius 2 is 1.79 bits per heavy atom. The average molecular weight is 373 g/mol. The highest BCUT2D eigenvalue weighted by Gasteiger charge is 2.36. The highest BCUT2D eigenvalue weighted by molar-refractivity contribution is 5.99. The summed E-state index contributed by atoms with van der Waals surface area (Å²) in [6.07, 6.45) is 0.207. The van der Waals surface area contributed by atoms with Crippen LogP contribution in [0.5, 0.6) is 0 Å². The quantitative estimate of drug-likeness (QED) is 0.708. The number of carbonyl (C=O) groups is 1. The largest absolute Gasteiger partial charge is 0.324 e. The zero-order valence-electron chi connectivity index (χ0n) is 15.4. The number of nitrogens with zero attached hydrogens (tertiary/aromatic N) is 1. The molecule has 1 amide bonds. The van der Waals surface area contributed by atoms with Crippen LogP contribution in [0.15, 0.2) is 72.8 Å². The van der Waals surface area contributed by atoms with Crippen molar-refractivity contribution in [2.45, 2.75) is 18.9 Å². The summed E-state index contributed by atoms with van der Waals surface area (Å²) in [5.41, 5.74) is 8.55. The van der Waals surface area contributed by atoms with Crippen molar-refractivity contribution in [1.82, 2.24) is 0 Å². The molecule has 0 bridgehead atoms. The fourth-order valence-corrected chi connectivity index (χ4v) is 3.08. The molecule has 5 heteroatoms. The normalized spacial score (nSPS) is 12.6. The molecule has 140 valence electrons. The highest BCUT2D eigenvalue weighted by Crippen LogP contribution is 2.26. The highest BCUT2D eigenvalue weighted by atomic mass is 19.1. The Balaban J connectivity index is 1.94. The topological polar surface area (TPSA) is 78.9 Å². The smallest absolute Gasteiger partial charge is 0.249 e. The van der Waals surface area contributed by atoms with Gasteiger partial charge < -0.3 is 11.1 Å². The first kappa shape index (κ1) is 19.3. The molecule has 3 N–H and O–H groups in total. The van der Waals surface area contributed by atoms with E-state index in [-0.39, 0.29) is 18.1 Å². The maximum Gasteiger partial charge on any atom is 0.249 e. The van der Waals surface area contributed by atoms with E-state index in [1.165, 1.54) is 12.1 Å². The van der Waals surface area contributed by atoms with Gasteiger partial charge in [-0.2, -0.15) is 5.26 Å². The lowest BCUT2D eigenvalue weighted by atomic mass is 9.83. The molecule has 0 aromatic heterocycles. The third-order valence-electron chi connectivity index (χ3n) is 4.70. The van der Waals surface area contributed by atoms with E-state index in [9.17, 15) is 9.18 Å². The number of carbonyl (C=O) groups excluding carboxylic acids is 1. The number of nitriles is 1. The summed E-state index contributed by atoms with van der Waals surface area (Å²) in [7, 11) is 0. The Hall–Kier alpha value is -3.49. The van der Waals surface area contributed by atoms with Gasteiger partial charge in [-0.1, -0.05) is 42.5 Å². The molecule has 0 spiro atoms. The van der Waals surface area contributed by atoms with Crippen LogP contribution >= 0.6 is 0 Å². The van der Waals surface area contributed by atoms with Crippen molar-refractivity contribution in [3.8, 4) is 6.07 Å². The number of hydrogen-bond donors (Lipinski definition) is 2. The SMILES string of the molecule is Cc1cc(NC(=O)C(N)(Cc2ccc(F)cc2)c2ccccc2)ccc1C#N. The first-order valence-corrected chi connectivity index (χ1v) is 8.83. The van der Waals surface area contributed by atoms with Crippen LogP contribution in [0.2, 0.25) is 0 Å². The zero-order valence-corrected chi connectivity index (χ0v) is 15.4. The van der Waals surface area contributed by atoms with Gasteiger partial charge in [-0.05, 0) is 53.9 Å². The Morgan fingerprint density at radius 3 is 2.39 bits per heavy atom. The van der Waals surface area contributed by atoms with E-state index in [1.54, 1.807) is 49.4 Å². The summed E-state index contributed by atoms with van der Waals surface area (Å²) >= 11 is 0. The molecule has 0 fully saturated rings. The van der Waals surface area contributed by atoms with Gasteiger partial charge in [0, 0.05) is 12.1 Å². The van der Waals surface area contributed by atoms with E-state index < -0.39 is 5.54 Å². The minimum atomic E-state index is -1.35. The fourth-order valence-electron chi connectivity index (χ4n) is 3.08. The van der Waals surface area contributed by atoms with E-state index >= 15 is 0 Å². The van der Waals surface area contributed by atoms with Crippen LogP contribution in [0.4, 0.5) is 10.1 Å². The van der Waals surface area contributed by atoms with E-state index in [1.807, 2.05) is 18.2 Å². The van der Waals surface area contributed by atoms with Gasteiger partial charge in [-0.25, -0.2) is 4.39 Å². The molecular formula is C23H20FN3O. The van der Waals surface area contributed by atoms with Crippen LogP contribution in [0.1, 0.15) is 22.3 Å². The van der Waals surface area contributed by atoms with Crippen LogP contribution in [0, 0.1) is 24.1 Å². The maximum atomic E-state index is 13.3. The molecule has 3 rings (SSSR count). The van der Waals surface area contributed by atoms with Gasteiger partial charge in [0.25, 0.3) is 0 Å². The molecule has 28 heavy (non-hydrogen) atoms. The Bertz CT molecular complexity index is 1030. The third-order valence-corrected chi connectivity index (χ3v) is 4.70. The van der Waals surface area contributed by atoms with Crippen molar-refractivity contribution >= 4 is 11.6 Å². The van der Waals surface area contributed by atoms with Gasteiger partial charge in [0.05, 0.1) is 11.6 Å². The molecule has 0 aliphatic carbocycles. The lowest BCUT2D eigenvalue weighted by molar-refractivity contribution is -0.121. The van der Waals surface area contributed by atoms with Gasteiger partial charge in [0.1, 0.15) is 11.4 Å². The van der Waals surface area contributed by atoms with Gasteiger partial charge >= 0.3 is 0 Å². The fraction of sp³-hybridized carbons (Fsp3) is 0.130. The number of halogens is 1. The van der Waals surface area contributed by atoms with Crippen molar-refractivity contribution in [3.63, 3.8) is 0 Å². The predicted molar refractivity (Wildman–Crippen MR) is 107 cm³/mol. The summed E-state index contributed by atoms with van der Waals surface area (Å²) in [5, 5.41) is 11.9. The van der Waals surface area contributed by atoms with E-state index in [2.05, 4.69) is 11.4 Å². The first-order valence-electron chi connectivity index (χ1n) is 8.83. The lowest BCUT2D eigenvalue weighted by Gasteiger charge is -2.29. The number of amides is 1. The minimum Gasteiger partial charge on any atom is -0.324 e. The van der Waals surface area contributed by atoms with E-state index in [4.69, 9.17) is 11.0 Å². The molecule has 0 radical (unpaired) electrons. The molecule has 0 saturated carbocycles. The molecule has 3 aromatic rings. The molecule has 0 saturated heterocycles. The van der Waals surface area contributed by atoms with Gasteiger partial charge in [0.2, 0.25) is 5.91 Å². The van der Waals surface area contributed by atoms with Crippen LogP contribution in [-0.4, -0.2) is 5.91 Å². The summed E-state index contributed by atoms with van der Waals surface area (Å²) in [5.74, 6) is -0.726. The maximum absolute atomic E-state index is 13.3. The summed E-state index contributed by atoms with van der Waals surface area (Å²) in [6, 6.07) is 22.2. The average Bonchev–Trinajstić information content (AvgIpc) is 2.70. The number of hydrogen-bond acceptors (Lipinski definition) is 3. The van der Waals surface area contributed by atoms with E-state index in [0.717, 1.165) is 11.1 Å². The Morgan fingerprint density at radius 1 is 1.11 bits per heavy atom. The molecule has 3 aromatic carbocycles. The van der Waals surface area contributed by atoms with Gasteiger partial charge in [-0.3, -0.25) is 4.79 Å². The van der Waals surface area contributed by atoms with Crippen LogP contribution in [0.3, 0.4) is 0 Å². The van der Waals surface area contributed by atoms with Crippen LogP contribution in [-0.2, 0) is 16.8 Å². The third kappa shape index (κ3) is 4.08. The Kier molecular flexibility index (Phi) is 5.53. The van der Waals surface area contributed by atoms with Crippen molar-refractivity contribution in [2.24, 2.45) is 5.73 Å². The number of aryl methyl sites for hydroxylation is 1. The van der Waals surface area contributed by atoms with Crippen LogP contribution < -0.4 is 11.1 Å². The number of nitrogens with one attached hydrogen (secondary N) is 1. The summed E-state index contributed by atoms with van der Waals surface area (Å²) in [4.78, 5) is 13.2. The molecule has 0 aliphatic heterocycles. The van der Waals surface area contributed by atoms with Crippen molar-refractivity contribution in [3.05, 3.63) is 101 Å². The number of nitrogens with two attached hydrogens (primary N) is 1. The minimum absolute atomic E-state index is 0.207. The molecule has 0 heterocycles. The van der Waals surface area contributed by atoms with E-state index in [0.29, 0.717) is 16.8 Å². The second-order valence-corrected chi connectivity index (χ2v) is 6.74. The second-order valence-electron chi connectivity index (χ2n) is 6.74. The predicted octanol–water partition coefficient (Wildman–Crippen LogP) is 4.04. The Labute approximate surface area is 163 Å². The monoisotopic (exact) mass is 373 g/mol. The number of benzene rings is 3. The standard InChI is InChI=1S/C23H20FN3O/c1-16-13-21(12-9-18(16)15-25)27-22(28)23(26,19-5-3-2-4-6-19)14-17-7-10-20(24)11-8-17/h2-13H,14,26H2,1H3,(H,27,28). The number of rotatable bonds is 5. The van der Waals surface area contributed by atoms with Crippen LogP contribution in [0.25, 0.3) is 0 Å². The lowest BCUT2D eigenvalue weighted by Crippen LogP contribution is -2.50. The molecule has 1 unspecified atom stereocenters. The van der Waals surface area contributed by atoms with Crippen molar-refractivity contribution in [2.75, 3.05) is 5.32 Å². The molecule has 4 nitrogen and oxygen atoms in total. The molecule has 0 aliphatic rings. The number of anilines is 1. The summed E-state index contributed by atoms with van der Waals surface area (Å²) < 4.78 is 13.3. The van der Waals surface area contributed by atoms with Gasteiger partial charge in [0.15, 0.2) is 0 Å².